The predicted molar refractivity (Wildman–Crippen MR) is 64.3 cm³/mol. The summed E-state index contributed by atoms with van der Waals surface area (Å²) in [7, 11) is 0. The summed E-state index contributed by atoms with van der Waals surface area (Å²) in [5.41, 5.74) is 7.31. The number of hydrogen-bond acceptors (Lipinski definition) is 3. The first-order chi connectivity index (χ1) is 7.61. The van der Waals surface area contributed by atoms with Crippen LogP contribution >= 0.6 is 0 Å². The third kappa shape index (κ3) is 4.42. The number of rotatable bonds is 5. The van der Waals surface area contributed by atoms with Crippen LogP contribution in [0.2, 0.25) is 0 Å². The number of nitrogens with one attached hydrogen (secondary N) is 1. The van der Waals surface area contributed by atoms with Gasteiger partial charge in [-0.25, -0.2) is 0 Å². The normalized spacial score (nSPS) is 12.2. The van der Waals surface area contributed by atoms with Crippen LogP contribution in [0.3, 0.4) is 0 Å². The summed E-state index contributed by atoms with van der Waals surface area (Å²) in [6.07, 6.45) is -0.0937. The van der Waals surface area contributed by atoms with Crippen molar-refractivity contribution in [3.8, 4) is 0 Å². The molecular formula is C12H18N2O2. The maximum atomic E-state index is 11.4. The molecule has 1 aromatic carbocycles. The Kier molecular flexibility index (Phi) is 4.95. The molecule has 16 heavy (non-hydrogen) atoms. The van der Waals surface area contributed by atoms with Crippen LogP contribution in [0.1, 0.15) is 12.5 Å². The summed E-state index contributed by atoms with van der Waals surface area (Å²) in [5, 5.41) is 2.74. The van der Waals surface area contributed by atoms with E-state index in [4.69, 9.17) is 10.5 Å². The highest BCUT2D eigenvalue weighted by atomic mass is 16.5. The Morgan fingerprint density at radius 3 is 2.62 bits per heavy atom. The minimum atomic E-state index is -0.163. The Hall–Kier alpha value is -1.39. The molecule has 0 aliphatic heterocycles. The van der Waals surface area contributed by atoms with E-state index in [-0.39, 0.29) is 18.6 Å². The monoisotopic (exact) mass is 222 g/mol. The van der Waals surface area contributed by atoms with Gasteiger partial charge in [0.15, 0.2) is 0 Å². The molecule has 1 rings (SSSR count). The van der Waals surface area contributed by atoms with E-state index in [9.17, 15) is 4.79 Å². The quantitative estimate of drug-likeness (QED) is 0.789. The van der Waals surface area contributed by atoms with Crippen LogP contribution in [-0.4, -0.2) is 25.2 Å². The molecule has 1 amide bonds. The molecule has 0 fully saturated rings. The van der Waals surface area contributed by atoms with Gasteiger partial charge in [-0.05, 0) is 26.0 Å². The van der Waals surface area contributed by atoms with Gasteiger partial charge in [-0.2, -0.15) is 0 Å². The topological polar surface area (TPSA) is 64.3 Å². The Morgan fingerprint density at radius 1 is 1.44 bits per heavy atom. The SMILES string of the molecule is Cc1ccc(NC(=O)COC(C)CN)cc1. The van der Waals surface area contributed by atoms with E-state index in [0.29, 0.717) is 6.54 Å². The van der Waals surface area contributed by atoms with E-state index >= 15 is 0 Å². The molecule has 0 bridgehead atoms. The number of carbonyl (C=O) groups is 1. The second kappa shape index (κ2) is 6.25. The molecular weight excluding hydrogens is 204 g/mol. The number of carbonyl (C=O) groups excluding carboxylic acids is 1. The third-order valence-corrected chi connectivity index (χ3v) is 2.17. The summed E-state index contributed by atoms with van der Waals surface area (Å²) in [6, 6.07) is 7.61. The van der Waals surface area contributed by atoms with E-state index in [1.54, 1.807) is 0 Å². The molecule has 0 aromatic heterocycles. The molecule has 1 unspecified atom stereocenters. The van der Waals surface area contributed by atoms with Crippen LogP contribution in [0.5, 0.6) is 0 Å². The maximum absolute atomic E-state index is 11.4. The van der Waals surface area contributed by atoms with E-state index in [1.165, 1.54) is 0 Å². The lowest BCUT2D eigenvalue weighted by Crippen LogP contribution is -2.26. The smallest absolute Gasteiger partial charge is 0.250 e. The lowest BCUT2D eigenvalue weighted by atomic mass is 10.2. The lowest BCUT2D eigenvalue weighted by Gasteiger charge is -2.10. The van der Waals surface area contributed by atoms with Crippen LogP contribution < -0.4 is 11.1 Å². The average Bonchev–Trinajstić information content (AvgIpc) is 2.29. The Balaban J connectivity index is 2.37. The van der Waals surface area contributed by atoms with Gasteiger partial charge >= 0.3 is 0 Å². The molecule has 0 aliphatic carbocycles. The van der Waals surface area contributed by atoms with E-state index < -0.39 is 0 Å². The number of benzene rings is 1. The highest BCUT2D eigenvalue weighted by Crippen LogP contribution is 2.08. The maximum Gasteiger partial charge on any atom is 0.250 e. The molecule has 0 saturated carbocycles. The highest BCUT2D eigenvalue weighted by Gasteiger charge is 2.05. The summed E-state index contributed by atoms with van der Waals surface area (Å²) >= 11 is 0. The van der Waals surface area contributed by atoms with Gasteiger partial charge in [0.2, 0.25) is 5.91 Å². The Bertz CT molecular complexity index is 335. The van der Waals surface area contributed by atoms with Gasteiger partial charge in [0.1, 0.15) is 6.61 Å². The first kappa shape index (κ1) is 12.7. The number of hydrogen-bond donors (Lipinski definition) is 2. The largest absolute Gasteiger partial charge is 0.367 e. The zero-order valence-electron chi connectivity index (χ0n) is 9.69. The van der Waals surface area contributed by atoms with Crippen molar-refractivity contribution >= 4 is 11.6 Å². The fourth-order valence-electron chi connectivity index (χ4n) is 1.12. The van der Waals surface area contributed by atoms with Gasteiger partial charge in [-0.3, -0.25) is 4.79 Å². The minimum Gasteiger partial charge on any atom is -0.367 e. The summed E-state index contributed by atoms with van der Waals surface area (Å²) in [5.74, 6) is -0.163. The lowest BCUT2D eigenvalue weighted by molar-refractivity contribution is -0.122. The van der Waals surface area contributed by atoms with Gasteiger partial charge in [0.05, 0.1) is 6.10 Å². The second-order valence-corrected chi connectivity index (χ2v) is 3.77. The van der Waals surface area contributed by atoms with Crippen molar-refractivity contribution in [3.05, 3.63) is 29.8 Å². The first-order valence-corrected chi connectivity index (χ1v) is 5.30. The molecule has 1 aromatic rings. The summed E-state index contributed by atoms with van der Waals surface area (Å²) < 4.78 is 5.21. The number of nitrogens with two attached hydrogens (primary N) is 1. The summed E-state index contributed by atoms with van der Waals surface area (Å²) in [6.45, 7) is 4.28. The first-order valence-electron chi connectivity index (χ1n) is 5.30. The van der Waals surface area contributed by atoms with Crippen LogP contribution in [0.15, 0.2) is 24.3 Å². The molecule has 0 spiro atoms. The number of ether oxygens (including phenoxy) is 1. The number of anilines is 1. The van der Waals surface area contributed by atoms with Gasteiger partial charge in [0, 0.05) is 12.2 Å². The van der Waals surface area contributed by atoms with Crippen molar-refractivity contribution in [1.29, 1.82) is 0 Å². The molecule has 0 radical (unpaired) electrons. The minimum absolute atomic E-state index is 0.0340. The van der Waals surface area contributed by atoms with E-state index in [2.05, 4.69) is 5.32 Å². The van der Waals surface area contributed by atoms with Gasteiger partial charge in [-0.15, -0.1) is 0 Å². The predicted octanol–water partition coefficient (Wildman–Crippen LogP) is 1.30. The molecule has 3 N–H and O–H groups in total. The standard InChI is InChI=1S/C12H18N2O2/c1-9-3-5-11(6-4-9)14-12(15)8-16-10(2)7-13/h3-6,10H,7-8,13H2,1-2H3,(H,14,15). The fourth-order valence-corrected chi connectivity index (χ4v) is 1.12. The third-order valence-electron chi connectivity index (χ3n) is 2.17. The van der Waals surface area contributed by atoms with Gasteiger partial charge in [-0.1, -0.05) is 17.7 Å². The van der Waals surface area contributed by atoms with Crippen molar-refractivity contribution in [1.82, 2.24) is 0 Å². The van der Waals surface area contributed by atoms with Crippen LogP contribution in [-0.2, 0) is 9.53 Å². The Morgan fingerprint density at radius 2 is 2.06 bits per heavy atom. The fraction of sp³-hybridized carbons (Fsp3) is 0.417. The Labute approximate surface area is 95.8 Å². The molecule has 0 saturated heterocycles. The molecule has 4 nitrogen and oxygen atoms in total. The van der Waals surface area contributed by atoms with Crippen LogP contribution in [0.25, 0.3) is 0 Å². The van der Waals surface area contributed by atoms with E-state index in [0.717, 1.165) is 11.3 Å². The van der Waals surface area contributed by atoms with Crippen molar-refractivity contribution in [2.45, 2.75) is 20.0 Å². The molecule has 0 heterocycles. The van der Waals surface area contributed by atoms with Crippen molar-refractivity contribution < 1.29 is 9.53 Å². The second-order valence-electron chi connectivity index (χ2n) is 3.77. The van der Waals surface area contributed by atoms with Crippen molar-refractivity contribution in [2.75, 3.05) is 18.5 Å². The number of amides is 1. The number of aryl methyl sites for hydroxylation is 1. The van der Waals surface area contributed by atoms with Gasteiger partial charge in [0.25, 0.3) is 0 Å². The summed E-state index contributed by atoms with van der Waals surface area (Å²) in [4.78, 5) is 11.4. The van der Waals surface area contributed by atoms with Gasteiger partial charge < -0.3 is 15.8 Å². The van der Waals surface area contributed by atoms with Crippen LogP contribution in [0.4, 0.5) is 5.69 Å². The van der Waals surface area contributed by atoms with Crippen molar-refractivity contribution in [3.63, 3.8) is 0 Å². The molecule has 0 aliphatic rings. The molecule has 88 valence electrons. The average molecular weight is 222 g/mol. The van der Waals surface area contributed by atoms with E-state index in [1.807, 2.05) is 38.1 Å². The highest BCUT2D eigenvalue weighted by molar-refractivity contribution is 5.91. The molecule has 1 atom stereocenters. The van der Waals surface area contributed by atoms with Crippen molar-refractivity contribution in [2.24, 2.45) is 5.73 Å². The zero-order chi connectivity index (χ0) is 12.0. The zero-order valence-corrected chi connectivity index (χ0v) is 9.69. The molecule has 4 heteroatoms. The van der Waals surface area contributed by atoms with Crippen LogP contribution in [0, 0.1) is 6.92 Å².